The third-order valence-corrected chi connectivity index (χ3v) is 10.6. The molecule has 0 saturated heterocycles. The van der Waals surface area contributed by atoms with Crippen LogP contribution < -0.4 is 5.73 Å². The lowest BCUT2D eigenvalue weighted by Crippen LogP contribution is -2.01. The summed E-state index contributed by atoms with van der Waals surface area (Å²) < 4.78 is 0. The Bertz CT molecular complexity index is 2680. The zero-order valence-electron chi connectivity index (χ0n) is 30.8. The van der Waals surface area contributed by atoms with Crippen molar-refractivity contribution >= 4 is 49.7 Å². The van der Waals surface area contributed by atoms with E-state index in [9.17, 15) is 0 Å². The van der Waals surface area contributed by atoms with Gasteiger partial charge in [0.15, 0.2) is 0 Å². The van der Waals surface area contributed by atoms with Crippen LogP contribution in [-0.4, -0.2) is 0 Å². The van der Waals surface area contributed by atoms with E-state index in [2.05, 4.69) is 197 Å². The summed E-state index contributed by atoms with van der Waals surface area (Å²) in [5, 5.41) is 7.50. The minimum absolute atomic E-state index is 0.756. The molecule has 0 amide bonds. The molecule has 0 aliphatic rings. The molecule has 1 nitrogen and oxygen atoms in total. The lowest BCUT2D eigenvalue weighted by atomic mass is 9.83. The number of nitrogens with two attached hydrogens (primary N) is 1. The topological polar surface area (TPSA) is 26.0 Å². The SMILES string of the molecule is C/C=C\c1c(C)cccc1/C(N)=C/C(=C\C)c1ccc(-c2c3ccccc3c(-c3ccc(-c4ccc(C)cc4)c4ccccc34)c3ccccc23)cc1. The highest BCUT2D eigenvalue weighted by molar-refractivity contribution is 6.24. The van der Waals surface area contributed by atoms with Gasteiger partial charge in [-0.2, -0.15) is 0 Å². The van der Waals surface area contributed by atoms with Crippen LogP contribution in [-0.2, 0) is 0 Å². The highest BCUT2D eigenvalue weighted by atomic mass is 14.6. The fraction of sp³-hybridized carbons (Fsp3) is 0.0769. The van der Waals surface area contributed by atoms with Gasteiger partial charge in [-0.1, -0.05) is 175 Å². The van der Waals surface area contributed by atoms with Gasteiger partial charge in [0.2, 0.25) is 0 Å². The molecule has 53 heavy (non-hydrogen) atoms. The summed E-state index contributed by atoms with van der Waals surface area (Å²) in [6.07, 6.45) is 8.45. The number of rotatable bonds is 7. The fourth-order valence-corrected chi connectivity index (χ4v) is 7.96. The van der Waals surface area contributed by atoms with Crippen molar-refractivity contribution < 1.29 is 0 Å². The molecular weight excluding hydrogens is 639 g/mol. The van der Waals surface area contributed by atoms with E-state index in [-0.39, 0.29) is 0 Å². The second-order valence-electron chi connectivity index (χ2n) is 13.9. The van der Waals surface area contributed by atoms with Crippen molar-refractivity contribution in [1.29, 1.82) is 0 Å². The van der Waals surface area contributed by atoms with Crippen LogP contribution in [0.5, 0.6) is 0 Å². The standard InChI is InChI=1S/C52H43N/c1-5-14-40-35(4)15-13-22-44(40)50(53)33-36(6-2)37-27-29-39(30-28-37)51-45-18-9-11-20-47(45)52(48-21-12-10-19-46(48)51)49-32-31-41(38-25-23-34(3)24-26-38)42-16-7-8-17-43(42)49/h5-33H,53H2,1-4H3/b14-5-,36-6+,50-33-. The average molecular weight is 682 g/mol. The Balaban J connectivity index is 1.27. The van der Waals surface area contributed by atoms with E-state index >= 15 is 0 Å². The zero-order chi connectivity index (χ0) is 36.5. The fourth-order valence-electron chi connectivity index (χ4n) is 7.96. The van der Waals surface area contributed by atoms with Crippen LogP contribution in [0.25, 0.3) is 83.0 Å². The molecule has 0 aliphatic carbocycles. The van der Waals surface area contributed by atoms with E-state index < -0.39 is 0 Å². The molecule has 0 heterocycles. The van der Waals surface area contributed by atoms with Crippen LogP contribution in [0.15, 0.2) is 170 Å². The molecule has 0 aliphatic heterocycles. The van der Waals surface area contributed by atoms with E-state index in [4.69, 9.17) is 5.73 Å². The Labute approximate surface area is 313 Å². The van der Waals surface area contributed by atoms with Gasteiger partial charge in [0.05, 0.1) is 0 Å². The van der Waals surface area contributed by atoms with Gasteiger partial charge in [0.1, 0.15) is 0 Å². The average Bonchev–Trinajstić information content (AvgIpc) is 3.20. The molecule has 8 aromatic rings. The number of hydrogen-bond acceptors (Lipinski definition) is 1. The molecular formula is C52H43N. The molecule has 1 heteroatoms. The Morgan fingerprint density at radius 1 is 0.491 bits per heavy atom. The van der Waals surface area contributed by atoms with Crippen molar-refractivity contribution in [3.05, 3.63) is 198 Å². The molecule has 0 bridgehead atoms. The maximum Gasteiger partial charge on any atom is 0.0399 e. The smallest absolute Gasteiger partial charge is 0.0399 e. The predicted octanol–water partition coefficient (Wildman–Crippen LogP) is 14.2. The summed E-state index contributed by atoms with van der Waals surface area (Å²) in [5.41, 5.74) is 21.9. The second-order valence-corrected chi connectivity index (χ2v) is 13.9. The minimum atomic E-state index is 0.756. The summed E-state index contributed by atoms with van der Waals surface area (Å²) in [4.78, 5) is 0. The Kier molecular flexibility index (Phi) is 9.08. The summed E-state index contributed by atoms with van der Waals surface area (Å²) in [5.74, 6) is 0. The molecule has 0 aromatic heterocycles. The first-order chi connectivity index (χ1) is 26.0. The summed E-state index contributed by atoms with van der Waals surface area (Å²) in [6, 6.07) is 55.4. The summed E-state index contributed by atoms with van der Waals surface area (Å²) in [7, 11) is 0. The Morgan fingerprint density at radius 2 is 1.02 bits per heavy atom. The first-order valence-corrected chi connectivity index (χ1v) is 18.5. The Hall–Kier alpha value is -6.44. The van der Waals surface area contributed by atoms with Crippen molar-refractivity contribution in [3.63, 3.8) is 0 Å². The van der Waals surface area contributed by atoms with Gasteiger partial charge in [0, 0.05) is 11.3 Å². The molecule has 0 fully saturated rings. The number of benzene rings is 8. The first-order valence-electron chi connectivity index (χ1n) is 18.5. The van der Waals surface area contributed by atoms with Gasteiger partial charge < -0.3 is 5.73 Å². The van der Waals surface area contributed by atoms with Gasteiger partial charge in [-0.05, 0) is 122 Å². The molecule has 8 rings (SSSR count). The van der Waals surface area contributed by atoms with E-state index in [1.807, 2.05) is 6.92 Å². The van der Waals surface area contributed by atoms with Gasteiger partial charge in [-0.15, -0.1) is 0 Å². The van der Waals surface area contributed by atoms with Crippen LogP contribution in [0, 0.1) is 13.8 Å². The quantitative estimate of drug-likeness (QED) is 0.131. The first kappa shape index (κ1) is 33.7. The van der Waals surface area contributed by atoms with Crippen molar-refractivity contribution in [2.24, 2.45) is 5.73 Å². The molecule has 0 spiro atoms. The normalized spacial score (nSPS) is 12.4. The lowest BCUT2D eigenvalue weighted by Gasteiger charge is -2.20. The molecule has 0 unspecified atom stereocenters. The predicted molar refractivity (Wildman–Crippen MR) is 232 cm³/mol. The van der Waals surface area contributed by atoms with Crippen LogP contribution in [0.1, 0.15) is 41.7 Å². The van der Waals surface area contributed by atoms with E-state index in [0.717, 1.165) is 28.0 Å². The summed E-state index contributed by atoms with van der Waals surface area (Å²) in [6.45, 7) is 8.39. The monoisotopic (exact) mass is 681 g/mol. The van der Waals surface area contributed by atoms with Crippen LogP contribution in [0.3, 0.4) is 0 Å². The van der Waals surface area contributed by atoms with Gasteiger partial charge in [-0.3, -0.25) is 0 Å². The molecule has 0 saturated carbocycles. The van der Waals surface area contributed by atoms with Crippen molar-refractivity contribution in [2.45, 2.75) is 27.7 Å². The van der Waals surface area contributed by atoms with Crippen LogP contribution in [0.2, 0.25) is 0 Å². The Morgan fingerprint density at radius 3 is 1.60 bits per heavy atom. The number of allylic oxidation sites excluding steroid dienone is 4. The second kappa shape index (κ2) is 14.3. The highest BCUT2D eigenvalue weighted by Crippen LogP contribution is 2.46. The van der Waals surface area contributed by atoms with Gasteiger partial charge >= 0.3 is 0 Å². The molecule has 8 aromatic carbocycles. The highest BCUT2D eigenvalue weighted by Gasteiger charge is 2.19. The van der Waals surface area contributed by atoms with E-state index in [0.29, 0.717) is 0 Å². The molecule has 0 atom stereocenters. The van der Waals surface area contributed by atoms with Crippen molar-refractivity contribution in [2.75, 3.05) is 0 Å². The summed E-state index contributed by atoms with van der Waals surface area (Å²) >= 11 is 0. The van der Waals surface area contributed by atoms with Gasteiger partial charge in [-0.25, -0.2) is 0 Å². The third kappa shape index (κ3) is 6.15. The molecule has 256 valence electrons. The largest absolute Gasteiger partial charge is 0.398 e. The molecule has 0 radical (unpaired) electrons. The van der Waals surface area contributed by atoms with Gasteiger partial charge in [0.25, 0.3) is 0 Å². The maximum atomic E-state index is 6.78. The van der Waals surface area contributed by atoms with E-state index in [1.165, 1.54) is 76.8 Å². The third-order valence-electron chi connectivity index (χ3n) is 10.6. The van der Waals surface area contributed by atoms with Crippen molar-refractivity contribution in [1.82, 2.24) is 0 Å². The number of fused-ring (bicyclic) bond motifs is 3. The van der Waals surface area contributed by atoms with Crippen LogP contribution in [0.4, 0.5) is 0 Å². The van der Waals surface area contributed by atoms with Crippen molar-refractivity contribution in [3.8, 4) is 33.4 Å². The maximum absolute atomic E-state index is 6.78. The minimum Gasteiger partial charge on any atom is -0.398 e. The lowest BCUT2D eigenvalue weighted by molar-refractivity contribution is 1.39. The zero-order valence-corrected chi connectivity index (χ0v) is 30.8. The van der Waals surface area contributed by atoms with E-state index in [1.54, 1.807) is 0 Å². The molecule has 2 N–H and O–H groups in total. The number of hydrogen-bond donors (Lipinski definition) is 1. The van der Waals surface area contributed by atoms with Crippen LogP contribution >= 0.6 is 0 Å². The number of aryl methyl sites for hydroxylation is 2.